The van der Waals surface area contributed by atoms with E-state index in [1.807, 2.05) is 0 Å². The molecular weight excluding hydrogens is 1040 g/mol. The van der Waals surface area contributed by atoms with Gasteiger partial charge in [-0.25, -0.2) is 61.5 Å². The van der Waals surface area contributed by atoms with Crippen molar-refractivity contribution >= 4 is 32.1 Å². The van der Waals surface area contributed by atoms with Crippen LogP contribution in [0.1, 0.15) is 187 Å². The van der Waals surface area contributed by atoms with Gasteiger partial charge in [-0.1, -0.05) is 210 Å². The van der Waals surface area contributed by atoms with Gasteiger partial charge < -0.3 is 8.69 Å². The fraction of sp³-hybridized carbons (Fsp3) is 0.614. The average molecular weight is 1110 g/mol. The molecule has 0 heterocycles. The van der Waals surface area contributed by atoms with Gasteiger partial charge in [0.2, 0.25) is 11.7 Å². The van der Waals surface area contributed by atoms with Crippen molar-refractivity contribution in [1.82, 2.24) is 4.90 Å². The summed E-state index contributed by atoms with van der Waals surface area (Å²) in [6, 6.07) is 3.50. The van der Waals surface area contributed by atoms with E-state index in [0.717, 1.165) is 18.2 Å². The van der Waals surface area contributed by atoms with Gasteiger partial charge in [0, 0.05) is 10.9 Å². The Balaban J connectivity index is 0.000000441. The molecule has 0 saturated heterocycles. The minimum atomic E-state index is -4.77. The molecule has 0 fully saturated rings. The topological polar surface area (TPSA) is 12.5 Å². The Morgan fingerprint density at radius 2 is 0.671 bits per heavy atom. The molecule has 426 valence electrons. The lowest BCUT2D eigenvalue weighted by atomic mass is 9.24. The van der Waals surface area contributed by atoms with E-state index in [1.165, 1.54) is 181 Å². The zero-order valence-electron chi connectivity index (χ0n) is 44.9. The summed E-state index contributed by atoms with van der Waals surface area (Å²) >= 11 is -3.07. The molecule has 0 amide bonds. The second-order valence-electron chi connectivity index (χ2n) is 20.1. The molecule has 0 atom stereocenters. The van der Waals surface area contributed by atoms with Gasteiger partial charge in [0.1, 0.15) is 11.7 Å². The molecule has 0 aliphatic heterocycles. The highest BCUT2D eigenvalue weighted by Gasteiger charge is 2.66. The lowest BCUT2D eigenvalue weighted by Crippen LogP contribution is -2.65. The second-order valence-corrected chi connectivity index (χ2v) is 23.2. The minimum absolute atomic E-state index is 0.104. The van der Waals surface area contributed by atoms with Crippen molar-refractivity contribution in [3.05, 3.63) is 117 Å². The summed E-state index contributed by atoms with van der Waals surface area (Å²) in [6.45, 7) is 5.83. The molecule has 4 rings (SSSR count). The molecule has 76 heavy (non-hydrogen) atoms. The smallest absolute Gasteiger partial charge is 0.461 e. The molecule has 0 unspecified atom stereocenters. The first kappa shape index (κ1) is 66.9. The number of rotatable bonds is 34. The number of hydrogen-bond donors (Lipinski definition) is 0. The van der Waals surface area contributed by atoms with E-state index in [2.05, 4.69) is 25.8 Å². The average Bonchev–Trinajstić information content (AvgIpc) is 3.44. The molecule has 2 nitrogen and oxygen atoms in total. The molecule has 0 aromatic heterocycles. The Morgan fingerprint density at radius 1 is 0.395 bits per heavy atom. The molecule has 1 aliphatic rings. The quantitative estimate of drug-likeness (QED) is 0.0194. The Morgan fingerprint density at radius 3 is 0.961 bits per heavy atom. The fourth-order valence-electron chi connectivity index (χ4n) is 9.87. The summed E-state index contributed by atoms with van der Waals surface area (Å²) in [4.78, 5) is 2.58. The first-order valence-corrected chi connectivity index (χ1v) is 29.6. The van der Waals surface area contributed by atoms with Crippen molar-refractivity contribution in [3.63, 3.8) is 0 Å². The highest BCUT2D eigenvalue weighted by Crippen LogP contribution is 2.56. The third-order valence-electron chi connectivity index (χ3n) is 14.4. The Kier molecular flexibility index (Phi) is 29.8. The summed E-state index contributed by atoms with van der Waals surface area (Å²) in [7, 11) is 2.33. The van der Waals surface area contributed by atoms with Crippen LogP contribution in [0.25, 0.3) is 0 Å². The molecule has 0 radical (unpaired) electrons. The van der Waals surface area contributed by atoms with Crippen molar-refractivity contribution in [2.75, 3.05) is 20.1 Å². The summed E-state index contributed by atoms with van der Waals surface area (Å²) in [5.74, 6) is -47.4. The van der Waals surface area contributed by atoms with Crippen LogP contribution in [-0.4, -0.2) is 52.1 Å². The third kappa shape index (κ3) is 17.1. The highest BCUT2D eigenvalue weighted by molar-refractivity contribution is 6.89. The zero-order chi connectivity index (χ0) is 56.6. The highest BCUT2D eigenvalue weighted by atomic mass is 27.2. The van der Waals surface area contributed by atoms with Crippen LogP contribution in [-0.2, 0) is 9.10 Å². The molecular formula is C57H76AlBF15NO. The van der Waals surface area contributed by atoms with Gasteiger partial charge in [0.15, 0.2) is 58.2 Å². The molecule has 1 aliphatic carbocycles. The summed E-state index contributed by atoms with van der Waals surface area (Å²) in [5, 5.41) is -4.79. The van der Waals surface area contributed by atoms with Gasteiger partial charge in [0.25, 0.3) is 12.6 Å². The summed E-state index contributed by atoms with van der Waals surface area (Å²) in [5.41, 5.74) is -6.76. The predicted molar refractivity (Wildman–Crippen MR) is 275 cm³/mol. The van der Waals surface area contributed by atoms with Crippen LogP contribution in [0.4, 0.5) is 65.9 Å². The number of nitrogens with zero attached hydrogens (tertiary/aromatic N) is 1. The van der Waals surface area contributed by atoms with E-state index >= 15 is 39.5 Å². The van der Waals surface area contributed by atoms with Gasteiger partial charge in [-0.3, -0.25) is 0 Å². The Hall–Kier alpha value is -3.39. The Labute approximate surface area is 446 Å². The molecule has 0 spiro atoms. The van der Waals surface area contributed by atoms with E-state index in [9.17, 15) is 26.3 Å². The van der Waals surface area contributed by atoms with Crippen LogP contribution in [0.5, 0.6) is 0 Å². The maximum absolute atomic E-state index is 16.6. The van der Waals surface area contributed by atoms with E-state index in [-0.39, 0.29) is 10.6 Å². The van der Waals surface area contributed by atoms with Crippen molar-refractivity contribution in [3.8, 4) is 0 Å². The van der Waals surface area contributed by atoms with Crippen LogP contribution >= 0.6 is 0 Å². The normalized spacial score (nSPS) is 16.8. The fourth-order valence-corrected chi connectivity index (χ4v) is 11.4. The molecule has 3 aromatic rings. The number of allylic oxidation sites excluding steroid dienone is 2. The number of benzene rings is 3. The van der Waals surface area contributed by atoms with Crippen molar-refractivity contribution in [2.24, 2.45) is 0 Å². The predicted octanol–water partition coefficient (Wildman–Crippen LogP) is 18.5. The van der Waals surface area contributed by atoms with E-state index < -0.39 is 130 Å². The lowest BCUT2D eigenvalue weighted by Gasteiger charge is -2.43. The second kappa shape index (κ2) is 33.9. The molecule has 3 aromatic carbocycles. The van der Waals surface area contributed by atoms with Crippen molar-refractivity contribution in [1.29, 1.82) is 0 Å². The standard InChI is InChI=1S/C29H61N.C24H5BF15O.2C2H5.Al/c1-4-6-8-10-12-14-16-18-20-22-24-26-28-30(3)29-27-25-23-21-19-17-15-13-11-9-7-5-2;26-9-7(10(27)14(31)17(34)13(9)30)25(8-11(28)15(32)18(35)16(33)12(8)29)23(6-4-2-1-3-5-6)19(36)21(38)24(40,41)22(39)20(23)37;2*1-2;/h4-29H2,1-3H3;1-5H;2*1H2,2H3;/q;-1;;;+1. The molecule has 19 heteroatoms. The van der Waals surface area contributed by atoms with Gasteiger partial charge in [-0.2, -0.15) is 4.39 Å². The SMILES string of the molecule is CCCCCCCCCCCCCCN(C)CCCCCCCCCCCCCC.C[CH2][Al]([CH2]C)[O]C1(F)C(F)=C(F)C(B(c2c(F)c(F)c(F)c(F)c2F)c2c(F)c(F)c(F)c(F)c2F)(c2ccccc2)C(F)=C1F. The monoisotopic (exact) mass is 1110 g/mol. The number of unbranched alkanes of at least 4 members (excludes halogenated alkanes) is 22. The van der Waals surface area contributed by atoms with Crippen molar-refractivity contribution < 1.29 is 69.6 Å². The van der Waals surface area contributed by atoms with Gasteiger partial charge in [-0.05, 0) is 38.5 Å². The first-order chi connectivity index (χ1) is 36.3. The van der Waals surface area contributed by atoms with Crippen LogP contribution in [0.15, 0.2) is 53.6 Å². The zero-order valence-corrected chi connectivity index (χ0v) is 46.0. The summed E-state index contributed by atoms with van der Waals surface area (Å²) in [6.07, 6.45) is 34.9. The van der Waals surface area contributed by atoms with E-state index in [0.29, 0.717) is 12.1 Å². The lowest BCUT2D eigenvalue weighted by molar-refractivity contribution is -0.0441. The van der Waals surface area contributed by atoms with Crippen LogP contribution in [0.3, 0.4) is 0 Å². The number of halogens is 15. The molecule has 0 saturated carbocycles. The third-order valence-corrected chi connectivity index (χ3v) is 16.9. The first-order valence-electron chi connectivity index (χ1n) is 27.5. The van der Waals surface area contributed by atoms with Gasteiger partial charge in [0.05, 0.1) is 5.31 Å². The van der Waals surface area contributed by atoms with Crippen LogP contribution in [0.2, 0.25) is 10.6 Å². The van der Waals surface area contributed by atoms with Crippen molar-refractivity contribution in [2.45, 2.75) is 204 Å². The minimum Gasteiger partial charge on any atom is -0.461 e. The maximum Gasteiger partial charge on any atom is 0.463 e. The number of alkyl halides is 1. The van der Waals surface area contributed by atoms with Crippen LogP contribution < -0.4 is 10.9 Å². The van der Waals surface area contributed by atoms with E-state index in [4.69, 9.17) is 3.79 Å². The molecule has 0 bridgehead atoms. The Bertz CT molecular complexity index is 2120. The molecule has 0 N–H and O–H groups in total. The number of hydrogen-bond acceptors (Lipinski definition) is 2. The largest absolute Gasteiger partial charge is 0.463 e. The van der Waals surface area contributed by atoms with Gasteiger partial charge >= 0.3 is 14.5 Å². The maximum atomic E-state index is 16.6. The van der Waals surface area contributed by atoms with Crippen LogP contribution in [0, 0.1) is 58.2 Å². The summed E-state index contributed by atoms with van der Waals surface area (Å²) < 4.78 is 233. The van der Waals surface area contributed by atoms with Gasteiger partial charge in [-0.15, -0.1) is 0 Å². The van der Waals surface area contributed by atoms with E-state index in [1.54, 1.807) is 0 Å².